The van der Waals surface area contributed by atoms with Crippen LogP contribution in [0.3, 0.4) is 0 Å². The molecule has 0 unspecified atom stereocenters. The van der Waals surface area contributed by atoms with Crippen LogP contribution in [0.1, 0.15) is 45.4 Å². The molecule has 1 amide bonds. The van der Waals surface area contributed by atoms with Crippen molar-refractivity contribution in [1.29, 1.82) is 0 Å². The minimum absolute atomic E-state index is 0.0807. The number of hydrogen-bond donors (Lipinski definition) is 0. The number of nitrogens with zero attached hydrogens (tertiary/aromatic N) is 2. The van der Waals surface area contributed by atoms with Gasteiger partial charge in [-0.05, 0) is 55.6 Å². The fraction of sp³-hybridized carbons (Fsp3) is 0.500. The lowest BCUT2D eigenvalue weighted by Gasteiger charge is -2.27. The Kier molecular flexibility index (Phi) is 3.89. The molecule has 3 heterocycles. The van der Waals surface area contributed by atoms with Gasteiger partial charge in [0.15, 0.2) is 5.58 Å². The van der Waals surface area contributed by atoms with Gasteiger partial charge in [-0.2, -0.15) is 0 Å². The zero-order chi connectivity index (χ0) is 15.9. The molecule has 22 heavy (non-hydrogen) atoms. The molecule has 6 heteroatoms. The standard InChI is InChI=1S/C16H19BrN2O3/c1-16(2,3)22-15(20)19-6-4-5-12(19)14-8-11-13(21-14)7-10(17)9-18-11/h7-9,12H,4-6H2,1-3H3/t12-/m1/s1. The van der Waals surface area contributed by atoms with E-state index in [0.29, 0.717) is 6.54 Å². The van der Waals surface area contributed by atoms with Crippen LogP contribution in [-0.4, -0.2) is 28.1 Å². The number of furan rings is 1. The highest BCUT2D eigenvalue weighted by molar-refractivity contribution is 9.10. The van der Waals surface area contributed by atoms with Crippen molar-refractivity contribution in [2.45, 2.75) is 45.3 Å². The quantitative estimate of drug-likeness (QED) is 0.736. The van der Waals surface area contributed by atoms with E-state index >= 15 is 0 Å². The molecule has 3 rings (SSSR count). The molecule has 1 fully saturated rings. The third kappa shape index (κ3) is 3.11. The van der Waals surface area contributed by atoms with Crippen molar-refractivity contribution >= 4 is 33.1 Å². The molecule has 1 atom stereocenters. The maximum absolute atomic E-state index is 12.4. The number of halogens is 1. The van der Waals surface area contributed by atoms with Gasteiger partial charge in [0, 0.05) is 23.3 Å². The van der Waals surface area contributed by atoms with Crippen LogP contribution in [0.15, 0.2) is 27.2 Å². The Morgan fingerprint density at radius 2 is 2.23 bits per heavy atom. The van der Waals surface area contributed by atoms with Gasteiger partial charge < -0.3 is 9.15 Å². The largest absolute Gasteiger partial charge is 0.457 e. The number of ether oxygens (including phenoxy) is 1. The van der Waals surface area contributed by atoms with Gasteiger partial charge in [0.05, 0.1) is 6.04 Å². The molecule has 5 nitrogen and oxygen atoms in total. The summed E-state index contributed by atoms with van der Waals surface area (Å²) in [6.45, 7) is 6.31. The molecule has 1 aliphatic rings. The van der Waals surface area contributed by atoms with Crippen LogP contribution in [0.2, 0.25) is 0 Å². The van der Waals surface area contributed by atoms with Crippen LogP contribution < -0.4 is 0 Å². The van der Waals surface area contributed by atoms with Crippen molar-refractivity contribution in [3.05, 3.63) is 28.6 Å². The topological polar surface area (TPSA) is 55.6 Å². The zero-order valence-electron chi connectivity index (χ0n) is 12.9. The lowest BCUT2D eigenvalue weighted by atomic mass is 10.1. The second-order valence-corrected chi connectivity index (χ2v) is 7.43. The molecule has 2 aromatic heterocycles. The number of rotatable bonds is 1. The van der Waals surface area contributed by atoms with Gasteiger partial charge in [-0.1, -0.05) is 0 Å². The second-order valence-electron chi connectivity index (χ2n) is 6.52. The van der Waals surface area contributed by atoms with Crippen molar-refractivity contribution < 1.29 is 13.9 Å². The van der Waals surface area contributed by atoms with E-state index in [2.05, 4.69) is 20.9 Å². The highest BCUT2D eigenvalue weighted by Gasteiger charge is 2.35. The molecule has 2 aromatic rings. The van der Waals surface area contributed by atoms with Crippen molar-refractivity contribution in [3.63, 3.8) is 0 Å². The summed E-state index contributed by atoms with van der Waals surface area (Å²) in [7, 11) is 0. The van der Waals surface area contributed by atoms with Crippen molar-refractivity contribution in [1.82, 2.24) is 9.88 Å². The summed E-state index contributed by atoms with van der Waals surface area (Å²) in [5.41, 5.74) is 1.03. The Bertz CT molecular complexity index is 705. The summed E-state index contributed by atoms with van der Waals surface area (Å²) in [4.78, 5) is 18.4. The maximum atomic E-state index is 12.4. The monoisotopic (exact) mass is 366 g/mol. The molecule has 1 saturated heterocycles. The Balaban J connectivity index is 1.86. The number of carbonyl (C=O) groups excluding carboxylic acids is 1. The van der Waals surface area contributed by atoms with E-state index in [1.54, 1.807) is 11.1 Å². The molecular weight excluding hydrogens is 348 g/mol. The van der Waals surface area contributed by atoms with Crippen LogP contribution in [0.25, 0.3) is 11.1 Å². The molecule has 0 aromatic carbocycles. The Morgan fingerprint density at radius 3 is 2.95 bits per heavy atom. The predicted octanol–water partition coefficient (Wildman–Crippen LogP) is 4.66. The van der Waals surface area contributed by atoms with Gasteiger partial charge in [0.1, 0.15) is 16.9 Å². The van der Waals surface area contributed by atoms with Gasteiger partial charge in [-0.3, -0.25) is 9.88 Å². The van der Waals surface area contributed by atoms with Crippen LogP contribution >= 0.6 is 15.9 Å². The summed E-state index contributed by atoms with van der Waals surface area (Å²) in [6, 6.07) is 3.72. The first-order valence-electron chi connectivity index (χ1n) is 7.38. The summed E-state index contributed by atoms with van der Waals surface area (Å²) in [6.07, 6.45) is 3.27. The van der Waals surface area contributed by atoms with Gasteiger partial charge in [0.25, 0.3) is 0 Å². The van der Waals surface area contributed by atoms with E-state index in [1.807, 2.05) is 32.9 Å². The van der Waals surface area contributed by atoms with E-state index in [4.69, 9.17) is 9.15 Å². The normalized spacial score (nSPS) is 18.9. The minimum Gasteiger partial charge on any atom is -0.457 e. The number of carbonyl (C=O) groups is 1. The average molecular weight is 367 g/mol. The Hall–Kier alpha value is -1.56. The highest BCUT2D eigenvalue weighted by atomic mass is 79.9. The number of amides is 1. The number of fused-ring (bicyclic) bond motifs is 1. The molecule has 0 saturated carbocycles. The molecule has 0 bridgehead atoms. The van der Waals surface area contributed by atoms with E-state index in [9.17, 15) is 4.79 Å². The van der Waals surface area contributed by atoms with Crippen LogP contribution in [0.5, 0.6) is 0 Å². The first kappa shape index (κ1) is 15.3. The summed E-state index contributed by atoms with van der Waals surface area (Å²) in [5.74, 6) is 0.768. The lowest BCUT2D eigenvalue weighted by Crippen LogP contribution is -2.36. The van der Waals surface area contributed by atoms with E-state index in [0.717, 1.165) is 34.2 Å². The summed E-state index contributed by atoms with van der Waals surface area (Å²) < 4.78 is 12.3. The van der Waals surface area contributed by atoms with Gasteiger partial charge in [0.2, 0.25) is 0 Å². The highest BCUT2D eigenvalue weighted by Crippen LogP contribution is 2.36. The third-order valence-electron chi connectivity index (χ3n) is 3.56. The smallest absolute Gasteiger partial charge is 0.410 e. The summed E-state index contributed by atoms with van der Waals surface area (Å²) >= 11 is 3.39. The lowest BCUT2D eigenvalue weighted by molar-refractivity contribution is 0.0209. The first-order chi connectivity index (χ1) is 10.3. The average Bonchev–Trinajstić information content (AvgIpc) is 3.01. The van der Waals surface area contributed by atoms with E-state index in [1.165, 1.54) is 0 Å². The van der Waals surface area contributed by atoms with E-state index in [-0.39, 0.29) is 12.1 Å². The number of likely N-dealkylation sites (tertiary alicyclic amines) is 1. The SMILES string of the molecule is CC(C)(C)OC(=O)N1CCC[C@@H]1c1cc2ncc(Br)cc2o1. The van der Waals surface area contributed by atoms with Gasteiger partial charge in [-0.25, -0.2) is 4.79 Å². The van der Waals surface area contributed by atoms with Gasteiger partial charge in [-0.15, -0.1) is 0 Å². The molecule has 0 N–H and O–H groups in total. The fourth-order valence-corrected chi connectivity index (χ4v) is 2.99. The molecule has 0 spiro atoms. The molecular formula is C16H19BrN2O3. The Labute approximate surface area is 137 Å². The van der Waals surface area contributed by atoms with Crippen molar-refractivity contribution in [2.24, 2.45) is 0 Å². The number of pyridine rings is 1. The van der Waals surface area contributed by atoms with Crippen molar-refractivity contribution in [3.8, 4) is 0 Å². The number of hydrogen-bond acceptors (Lipinski definition) is 4. The minimum atomic E-state index is -0.496. The maximum Gasteiger partial charge on any atom is 0.410 e. The predicted molar refractivity (Wildman–Crippen MR) is 86.6 cm³/mol. The second kappa shape index (κ2) is 5.57. The van der Waals surface area contributed by atoms with Crippen LogP contribution in [-0.2, 0) is 4.74 Å². The van der Waals surface area contributed by atoms with E-state index < -0.39 is 5.60 Å². The molecule has 0 aliphatic carbocycles. The van der Waals surface area contributed by atoms with Gasteiger partial charge >= 0.3 is 6.09 Å². The van der Waals surface area contributed by atoms with Crippen LogP contribution in [0, 0.1) is 0 Å². The fourth-order valence-electron chi connectivity index (χ4n) is 2.68. The molecule has 1 aliphatic heterocycles. The zero-order valence-corrected chi connectivity index (χ0v) is 14.5. The Morgan fingerprint density at radius 1 is 1.45 bits per heavy atom. The third-order valence-corrected chi connectivity index (χ3v) is 4.00. The van der Waals surface area contributed by atoms with Crippen molar-refractivity contribution in [2.75, 3.05) is 6.54 Å². The number of aromatic nitrogens is 1. The summed E-state index contributed by atoms with van der Waals surface area (Å²) in [5, 5.41) is 0. The molecule has 0 radical (unpaired) electrons. The van der Waals surface area contributed by atoms with Crippen LogP contribution in [0.4, 0.5) is 4.79 Å². The molecule has 118 valence electrons. The first-order valence-corrected chi connectivity index (χ1v) is 8.17.